The lowest BCUT2D eigenvalue weighted by Crippen LogP contribution is -2.25. The van der Waals surface area contributed by atoms with Crippen LogP contribution >= 0.6 is 11.8 Å². The lowest BCUT2D eigenvalue weighted by Gasteiger charge is -2.16. The zero-order chi connectivity index (χ0) is 14.4. The van der Waals surface area contributed by atoms with Gasteiger partial charge in [-0.05, 0) is 19.2 Å². The van der Waals surface area contributed by atoms with E-state index in [-0.39, 0.29) is 5.78 Å². The summed E-state index contributed by atoms with van der Waals surface area (Å²) in [6.45, 7) is 7.50. The number of furan rings is 1. The number of Topliss-reactive ketones (excluding diaryl/α,β-unsaturated/α-hetero) is 1. The molecule has 0 amide bonds. The zero-order valence-electron chi connectivity index (χ0n) is 12.1. The molecule has 0 atom stereocenters. The van der Waals surface area contributed by atoms with Crippen molar-refractivity contribution in [2.45, 2.75) is 13.8 Å². The predicted molar refractivity (Wildman–Crippen MR) is 85.7 cm³/mol. The zero-order valence-corrected chi connectivity index (χ0v) is 12.9. The van der Waals surface area contributed by atoms with Crippen LogP contribution in [0, 0.1) is 0 Å². The number of para-hydroxylation sites is 1. The van der Waals surface area contributed by atoms with E-state index in [0.29, 0.717) is 11.3 Å². The van der Waals surface area contributed by atoms with E-state index in [1.54, 1.807) is 18.0 Å². The molecule has 0 saturated heterocycles. The molecule has 2 rings (SSSR count). The first-order chi connectivity index (χ1) is 9.76. The second-order valence-electron chi connectivity index (χ2n) is 4.65. The van der Waals surface area contributed by atoms with Crippen molar-refractivity contribution in [3.63, 3.8) is 0 Å². The van der Waals surface area contributed by atoms with Crippen molar-refractivity contribution in [2.75, 3.05) is 31.1 Å². The van der Waals surface area contributed by atoms with Crippen LogP contribution in [0.15, 0.2) is 34.9 Å². The first-order valence-corrected chi connectivity index (χ1v) is 8.21. The number of rotatable bonds is 8. The Kier molecular flexibility index (Phi) is 5.68. The van der Waals surface area contributed by atoms with E-state index in [9.17, 15) is 4.79 Å². The molecule has 1 aromatic carbocycles. The molecule has 0 bridgehead atoms. The van der Waals surface area contributed by atoms with E-state index in [4.69, 9.17) is 4.42 Å². The Morgan fingerprint density at radius 2 is 2.00 bits per heavy atom. The van der Waals surface area contributed by atoms with E-state index in [1.807, 2.05) is 24.3 Å². The first kappa shape index (κ1) is 15.1. The number of hydrogen-bond acceptors (Lipinski definition) is 4. The first-order valence-electron chi connectivity index (χ1n) is 7.05. The molecule has 0 aliphatic heterocycles. The van der Waals surface area contributed by atoms with Crippen molar-refractivity contribution in [1.82, 2.24) is 4.90 Å². The fourth-order valence-corrected chi connectivity index (χ4v) is 3.04. The quantitative estimate of drug-likeness (QED) is 0.548. The van der Waals surface area contributed by atoms with Crippen molar-refractivity contribution in [3.8, 4) is 0 Å². The van der Waals surface area contributed by atoms with Gasteiger partial charge in [0.25, 0.3) is 0 Å². The minimum atomic E-state index is 0.152. The monoisotopic (exact) mass is 291 g/mol. The largest absolute Gasteiger partial charge is 0.464 e. The smallest absolute Gasteiger partial charge is 0.176 e. The average Bonchev–Trinajstić information content (AvgIpc) is 2.91. The molecule has 3 nitrogen and oxygen atoms in total. The van der Waals surface area contributed by atoms with Crippen LogP contribution in [0.1, 0.15) is 24.2 Å². The molecule has 0 unspecified atom stereocenters. The third kappa shape index (κ3) is 3.64. The van der Waals surface area contributed by atoms with Crippen LogP contribution in [0.2, 0.25) is 0 Å². The molecular formula is C16H21NO2S. The normalized spacial score (nSPS) is 11.3. The van der Waals surface area contributed by atoms with Gasteiger partial charge in [0.05, 0.1) is 11.3 Å². The van der Waals surface area contributed by atoms with Gasteiger partial charge in [-0.3, -0.25) is 4.79 Å². The highest BCUT2D eigenvalue weighted by molar-refractivity contribution is 8.00. The number of hydrogen-bond donors (Lipinski definition) is 0. The van der Waals surface area contributed by atoms with Gasteiger partial charge in [-0.15, -0.1) is 0 Å². The van der Waals surface area contributed by atoms with Crippen LogP contribution in [-0.4, -0.2) is 41.8 Å². The highest BCUT2D eigenvalue weighted by Crippen LogP contribution is 2.22. The summed E-state index contributed by atoms with van der Waals surface area (Å²) in [4.78, 5) is 14.6. The second kappa shape index (κ2) is 7.50. The summed E-state index contributed by atoms with van der Waals surface area (Å²) in [6.07, 6.45) is 1.58. The molecule has 0 N–H and O–H groups in total. The summed E-state index contributed by atoms with van der Waals surface area (Å²) in [5.41, 5.74) is 1.49. The molecule has 0 radical (unpaired) electrons. The molecule has 20 heavy (non-hydrogen) atoms. The third-order valence-corrected chi connectivity index (χ3v) is 4.40. The Bertz CT molecular complexity index is 560. The molecule has 4 heteroatoms. The van der Waals surface area contributed by atoms with Gasteiger partial charge in [0.2, 0.25) is 0 Å². The molecule has 0 saturated carbocycles. The molecule has 0 aliphatic rings. The fourth-order valence-electron chi connectivity index (χ4n) is 2.17. The van der Waals surface area contributed by atoms with Gasteiger partial charge in [-0.2, -0.15) is 11.8 Å². The standard InChI is InChI=1S/C16H21NO2S/c1-3-17(4-2)9-10-20-12-15(18)14-11-19-16-8-6-5-7-13(14)16/h5-8,11H,3-4,9-10,12H2,1-2H3. The molecule has 0 aliphatic carbocycles. The van der Waals surface area contributed by atoms with Gasteiger partial charge >= 0.3 is 0 Å². The average molecular weight is 291 g/mol. The second-order valence-corrected chi connectivity index (χ2v) is 5.75. The van der Waals surface area contributed by atoms with Crippen LogP contribution in [-0.2, 0) is 0 Å². The van der Waals surface area contributed by atoms with Crippen molar-refractivity contribution >= 4 is 28.5 Å². The van der Waals surface area contributed by atoms with Crippen LogP contribution in [0.4, 0.5) is 0 Å². The number of carbonyl (C=O) groups is 1. The Morgan fingerprint density at radius 1 is 1.25 bits per heavy atom. The van der Waals surface area contributed by atoms with Crippen LogP contribution in [0.5, 0.6) is 0 Å². The Balaban J connectivity index is 1.86. The highest BCUT2D eigenvalue weighted by atomic mass is 32.2. The molecular weight excluding hydrogens is 270 g/mol. The van der Waals surface area contributed by atoms with E-state index in [1.165, 1.54) is 0 Å². The van der Waals surface area contributed by atoms with Crippen molar-refractivity contribution < 1.29 is 9.21 Å². The SMILES string of the molecule is CCN(CC)CCSCC(=O)c1coc2ccccc12. The van der Waals surface area contributed by atoms with Crippen LogP contribution in [0.3, 0.4) is 0 Å². The predicted octanol–water partition coefficient (Wildman–Crippen LogP) is 3.69. The third-order valence-electron chi connectivity index (χ3n) is 3.46. The van der Waals surface area contributed by atoms with Gasteiger partial charge in [0.15, 0.2) is 5.78 Å². The minimum Gasteiger partial charge on any atom is -0.464 e. The number of ketones is 1. The van der Waals surface area contributed by atoms with E-state index < -0.39 is 0 Å². The molecule has 1 aromatic heterocycles. The molecule has 0 fully saturated rings. The minimum absolute atomic E-state index is 0.152. The maximum Gasteiger partial charge on any atom is 0.176 e. The van der Waals surface area contributed by atoms with Crippen LogP contribution in [0.25, 0.3) is 11.0 Å². The number of nitrogens with zero attached hydrogens (tertiary/aromatic N) is 1. The van der Waals surface area contributed by atoms with Crippen molar-refractivity contribution in [2.24, 2.45) is 0 Å². The fraction of sp³-hybridized carbons (Fsp3) is 0.438. The molecule has 0 spiro atoms. The number of fused-ring (bicyclic) bond motifs is 1. The van der Waals surface area contributed by atoms with Crippen LogP contribution < -0.4 is 0 Å². The number of carbonyl (C=O) groups excluding carboxylic acids is 1. The Hall–Kier alpha value is -1.26. The molecule has 2 aromatic rings. The van der Waals surface area contributed by atoms with E-state index >= 15 is 0 Å². The van der Waals surface area contributed by atoms with Gasteiger partial charge in [0.1, 0.15) is 11.8 Å². The summed E-state index contributed by atoms with van der Waals surface area (Å²) in [6, 6.07) is 7.67. The Labute approximate surface area is 124 Å². The number of benzene rings is 1. The van der Waals surface area contributed by atoms with Gasteiger partial charge in [-0.1, -0.05) is 32.0 Å². The van der Waals surface area contributed by atoms with Crippen molar-refractivity contribution in [3.05, 3.63) is 36.1 Å². The summed E-state index contributed by atoms with van der Waals surface area (Å²) < 4.78 is 5.41. The van der Waals surface area contributed by atoms with Gasteiger partial charge in [-0.25, -0.2) is 0 Å². The van der Waals surface area contributed by atoms with E-state index in [0.717, 1.165) is 36.4 Å². The highest BCUT2D eigenvalue weighted by Gasteiger charge is 2.13. The van der Waals surface area contributed by atoms with E-state index in [2.05, 4.69) is 18.7 Å². The topological polar surface area (TPSA) is 33.5 Å². The lowest BCUT2D eigenvalue weighted by molar-refractivity contribution is 0.102. The molecule has 1 heterocycles. The van der Waals surface area contributed by atoms with Gasteiger partial charge in [0, 0.05) is 17.7 Å². The summed E-state index contributed by atoms with van der Waals surface area (Å²) >= 11 is 1.69. The van der Waals surface area contributed by atoms with Crippen molar-refractivity contribution in [1.29, 1.82) is 0 Å². The molecule has 108 valence electrons. The Morgan fingerprint density at radius 3 is 2.75 bits per heavy atom. The lowest BCUT2D eigenvalue weighted by atomic mass is 10.1. The number of thioether (sulfide) groups is 1. The summed E-state index contributed by atoms with van der Waals surface area (Å²) in [7, 11) is 0. The summed E-state index contributed by atoms with van der Waals surface area (Å²) in [5.74, 6) is 1.66. The maximum atomic E-state index is 12.2. The summed E-state index contributed by atoms with van der Waals surface area (Å²) in [5, 5.41) is 0.918. The maximum absolute atomic E-state index is 12.2. The van der Waals surface area contributed by atoms with Gasteiger partial charge < -0.3 is 9.32 Å².